The topological polar surface area (TPSA) is 66.5 Å². The second-order valence-corrected chi connectivity index (χ2v) is 10.0. The molecule has 1 saturated heterocycles. The molecular weight excluding hydrogens is 403 g/mol. The van der Waals surface area contributed by atoms with Crippen LogP contribution in [0.5, 0.6) is 0 Å². The van der Waals surface area contributed by atoms with Gasteiger partial charge in [-0.2, -0.15) is 4.31 Å². The van der Waals surface area contributed by atoms with Crippen molar-refractivity contribution >= 4 is 56.2 Å². The number of amides is 1. The van der Waals surface area contributed by atoms with E-state index >= 15 is 0 Å². The van der Waals surface area contributed by atoms with Gasteiger partial charge in [0.1, 0.15) is 10.3 Å². The summed E-state index contributed by atoms with van der Waals surface area (Å²) in [7, 11) is -3.74. The van der Waals surface area contributed by atoms with Crippen molar-refractivity contribution in [3.8, 4) is 0 Å². The molecular formula is C16H16Cl2N2O3S2. The maximum Gasteiger partial charge on any atom is 0.253 e. The molecule has 25 heavy (non-hydrogen) atoms. The Morgan fingerprint density at radius 3 is 2.68 bits per heavy atom. The van der Waals surface area contributed by atoms with E-state index in [4.69, 9.17) is 23.2 Å². The largest absolute Gasteiger partial charge is 0.324 e. The number of sulfonamides is 1. The van der Waals surface area contributed by atoms with Crippen molar-refractivity contribution in [3.05, 3.63) is 45.3 Å². The number of rotatable bonds is 4. The molecule has 2 aromatic rings. The Balaban J connectivity index is 1.82. The molecule has 0 radical (unpaired) electrons. The molecule has 1 amide bonds. The first kappa shape index (κ1) is 18.7. The van der Waals surface area contributed by atoms with Crippen LogP contribution in [0.1, 0.15) is 18.4 Å². The predicted octanol–water partition coefficient (Wildman–Crippen LogP) is 4.16. The van der Waals surface area contributed by atoms with Crippen molar-refractivity contribution < 1.29 is 13.2 Å². The lowest BCUT2D eigenvalue weighted by molar-refractivity contribution is -0.119. The molecule has 0 bridgehead atoms. The molecule has 3 rings (SSSR count). The minimum atomic E-state index is -3.74. The van der Waals surface area contributed by atoms with Crippen molar-refractivity contribution in [1.82, 2.24) is 4.31 Å². The van der Waals surface area contributed by atoms with Crippen LogP contribution in [0.3, 0.4) is 0 Å². The van der Waals surface area contributed by atoms with Crippen LogP contribution >= 0.6 is 34.5 Å². The Bertz CT molecular complexity index is 912. The summed E-state index contributed by atoms with van der Waals surface area (Å²) in [5, 5.41) is 3.39. The molecule has 1 aliphatic rings. The van der Waals surface area contributed by atoms with E-state index in [1.165, 1.54) is 10.4 Å². The number of hydrogen-bond donors (Lipinski definition) is 1. The summed E-state index contributed by atoms with van der Waals surface area (Å²) in [6.07, 6.45) is 1.12. The standard InChI is InChI=1S/C16H16Cl2N2O3S2/c1-10-9-11(17)4-5-12(10)19-16(21)13-3-2-8-20(13)25(22,23)15-7-6-14(18)24-15/h4-7,9,13H,2-3,8H2,1H3,(H,19,21)/t13-/m0/s1. The van der Waals surface area contributed by atoms with Crippen molar-refractivity contribution in [3.63, 3.8) is 0 Å². The third-order valence-electron chi connectivity index (χ3n) is 4.06. The fourth-order valence-corrected chi connectivity index (χ4v) is 6.32. The van der Waals surface area contributed by atoms with E-state index in [1.54, 1.807) is 24.3 Å². The average molecular weight is 419 g/mol. The lowest BCUT2D eigenvalue weighted by Gasteiger charge is -2.23. The van der Waals surface area contributed by atoms with Crippen LogP contribution in [0.2, 0.25) is 9.36 Å². The normalized spacial score (nSPS) is 18.4. The number of nitrogens with one attached hydrogen (secondary N) is 1. The van der Waals surface area contributed by atoms with E-state index in [-0.39, 0.29) is 10.1 Å². The van der Waals surface area contributed by atoms with Crippen molar-refractivity contribution in [2.24, 2.45) is 0 Å². The van der Waals surface area contributed by atoms with Gasteiger partial charge in [-0.15, -0.1) is 11.3 Å². The third kappa shape index (κ3) is 3.85. The number of anilines is 1. The number of carbonyl (C=O) groups excluding carboxylic acids is 1. The number of thiophene rings is 1. The maximum absolute atomic E-state index is 12.8. The van der Waals surface area contributed by atoms with Crippen LogP contribution in [0.4, 0.5) is 5.69 Å². The Kier molecular flexibility index (Phi) is 5.41. The van der Waals surface area contributed by atoms with E-state index in [2.05, 4.69) is 5.32 Å². The summed E-state index contributed by atoms with van der Waals surface area (Å²) < 4.78 is 27.4. The molecule has 134 valence electrons. The van der Waals surface area contributed by atoms with Gasteiger partial charge >= 0.3 is 0 Å². The Morgan fingerprint density at radius 1 is 1.28 bits per heavy atom. The quantitative estimate of drug-likeness (QED) is 0.810. The van der Waals surface area contributed by atoms with E-state index in [0.29, 0.717) is 34.4 Å². The van der Waals surface area contributed by atoms with E-state index in [0.717, 1.165) is 16.9 Å². The Morgan fingerprint density at radius 2 is 2.04 bits per heavy atom. The molecule has 0 saturated carbocycles. The number of halogens is 2. The highest BCUT2D eigenvalue weighted by Crippen LogP contribution is 2.32. The van der Waals surface area contributed by atoms with Crippen LogP contribution in [0.25, 0.3) is 0 Å². The lowest BCUT2D eigenvalue weighted by Crippen LogP contribution is -2.42. The van der Waals surface area contributed by atoms with E-state index in [1.807, 2.05) is 6.92 Å². The van der Waals surface area contributed by atoms with Crippen LogP contribution in [-0.2, 0) is 14.8 Å². The fraction of sp³-hybridized carbons (Fsp3) is 0.312. The smallest absolute Gasteiger partial charge is 0.253 e. The summed E-state index contributed by atoms with van der Waals surface area (Å²) in [5.74, 6) is -0.339. The van der Waals surface area contributed by atoms with Gasteiger partial charge in [0, 0.05) is 17.3 Å². The minimum Gasteiger partial charge on any atom is -0.324 e. The van der Waals surface area contributed by atoms with Gasteiger partial charge in [0.15, 0.2) is 0 Å². The van der Waals surface area contributed by atoms with Crippen molar-refractivity contribution in [2.75, 3.05) is 11.9 Å². The SMILES string of the molecule is Cc1cc(Cl)ccc1NC(=O)[C@@H]1CCCN1S(=O)(=O)c1ccc(Cl)s1. The van der Waals surface area contributed by atoms with Gasteiger partial charge < -0.3 is 5.32 Å². The highest BCUT2D eigenvalue weighted by atomic mass is 35.5. The number of benzene rings is 1. The average Bonchev–Trinajstić information content (AvgIpc) is 3.19. The summed E-state index contributed by atoms with van der Waals surface area (Å²) in [4.78, 5) is 12.7. The van der Waals surface area contributed by atoms with Crippen molar-refractivity contribution in [2.45, 2.75) is 30.0 Å². The Labute approximate surface area is 160 Å². The second kappa shape index (κ2) is 7.25. The van der Waals surface area contributed by atoms with Crippen molar-refractivity contribution in [1.29, 1.82) is 0 Å². The summed E-state index contributed by atoms with van der Waals surface area (Å²) in [5.41, 5.74) is 1.44. The molecule has 0 unspecified atom stereocenters. The zero-order valence-corrected chi connectivity index (χ0v) is 16.5. The first-order valence-corrected chi connectivity index (χ1v) is 10.6. The van der Waals surface area contributed by atoms with Gasteiger partial charge in [-0.3, -0.25) is 4.79 Å². The summed E-state index contributed by atoms with van der Waals surface area (Å²) >= 11 is 12.8. The number of nitrogens with zero attached hydrogens (tertiary/aromatic N) is 1. The van der Waals surface area contributed by atoms with Gasteiger partial charge in [-0.25, -0.2) is 8.42 Å². The first-order valence-electron chi connectivity index (χ1n) is 7.63. The number of aryl methyl sites for hydroxylation is 1. The molecule has 5 nitrogen and oxygen atoms in total. The summed E-state index contributed by atoms with van der Waals surface area (Å²) in [6.45, 7) is 2.15. The molecule has 1 aromatic heterocycles. The highest BCUT2D eigenvalue weighted by Gasteiger charge is 2.40. The lowest BCUT2D eigenvalue weighted by atomic mass is 10.1. The van der Waals surface area contributed by atoms with Crippen LogP contribution in [-0.4, -0.2) is 31.2 Å². The van der Waals surface area contributed by atoms with Gasteiger partial charge in [0.25, 0.3) is 10.0 Å². The van der Waals surface area contributed by atoms with E-state index < -0.39 is 16.1 Å². The molecule has 1 atom stereocenters. The zero-order chi connectivity index (χ0) is 18.2. The molecule has 1 aromatic carbocycles. The molecule has 0 aliphatic carbocycles. The monoisotopic (exact) mass is 418 g/mol. The molecule has 1 fully saturated rings. The third-order valence-corrected chi connectivity index (χ3v) is 7.91. The van der Waals surface area contributed by atoms with Gasteiger partial charge in [0.2, 0.25) is 5.91 Å². The maximum atomic E-state index is 12.8. The predicted molar refractivity (Wildman–Crippen MR) is 101 cm³/mol. The highest BCUT2D eigenvalue weighted by molar-refractivity contribution is 7.91. The zero-order valence-electron chi connectivity index (χ0n) is 13.3. The fourth-order valence-electron chi connectivity index (χ4n) is 2.83. The Hall–Kier alpha value is -1.12. The minimum absolute atomic E-state index is 0.153. The summed E-state index contributed by atoms with van der Waals surface area (Å²) in [6, 6.07) is 7.42. The van der Waals surface area contributed by atoms with Crippen LogP contribution in [0.15, 0.2) is 34.5 Å². The van der Waals surface area contributed by atoms with E-state index in [9.17, 15) is 13.2 Å². The first-order chi connectivity index (χ1) is 11.8. The van der Waals surface area contributed by atoms with Gasteiger partial charge in [-0.1, -0.05) is 23.2 Å². The second-order valence-electron chi connectivity index (χ2n) is 5.78. The number of hydrogen-bond acceptors (Lipinski definition) is 4. The van der Waals surface area contributed by atoms with Crippen LogP contribution in [0, 0.1) is 6.92 Å². The molecule has 9 heteroatoms. The number of carbonyl (C=O) groups is 1. The molecule has 1 aliphatic heterocycles. The van der Waals surface area contributed by atoms with Gasteiger partial charge in [-0.05, 0) is 55.7 Å². The van der Waals surface area contributed by atoms with Gasteiger partial charge in [0.05, 0.1) is 4.34 Å². The molecule has 0 spiro atoms. The molecule has 1 N–H and O–H groups in total. The van der Waals surface area contributed by atoms with Crippen LogP contribution < -0.4 is 5.32 Å². The molecule has 2 heterocycles.